The quantitative estimate of drug-likeness (QED) is 0.361. The number of aromatic nitrogens is 3. The smallest absolute Gasteiger partial charge is 0.349 e. The highest BCUT2D eigenvalue weighted by molar-refractivity contribution is 6.30. The Balaban J connectivity index is 1.24. The molecule has 0 fully saturated rings. The molecule has 2 atom stereocenters. The van der Waals surface area contributed by atoms with Gasteiger partial charge in [-0.15, -0.1) is 5.10 Å². The Labute approximate surface area is 189 Å². The molecule has 0 saturated carbocycles. The lowest BCUT2D eigenvalue weighted by molar-refractivity contribution is 0.140. The van der Waals surface area contributed by atoms with Crippen molar-refractivity contribution >= 4 is 23.2 Å². The zero-order valence-electron chi connectivity index (χ0n) is 17.1. The van der Waals surface area contributed by atoms with E-state index in [0.29, 0.717) is 29.6 Å². The van der Waals surface area contributed by atoms with Gasteiger partial charge >= 0.3 is 5.69 Å². The molecule has 1 heterocycles. The number of anilines is 2. The lowest BCUT2D eigenvalue weighted by atomic mass is 10.1. The van der Waals surface area contributed by atoms with Gasteiger partial charge in [-0.3, -0.25) is 4.98 Å². The minimum Gasteiger partial charge on any atom is -0.391 e. The van der Waals surface area contributed by atoms with E-state index in [4.69, 9.17) is 11.6 Å². The zero-order chi connectivity index (χ0) is 22.1. The highest BCUT2D eigenvalue weighted by Gasteiger charge is 2.30. The van der Waals surface area contributed by atoms with Crippen LogP contribution in [0.2, 0.25) is 5.02 Å². The Morgan fingerprint density at radius 2 is 1.91 bits per heavy atom. The van der Waals surface area contributed by atoms with Crippen molar-refractivity contribution in [2.24, 2.45) is 0 Å². The summed E-state index contributed by atoms with van der Waals surface area (Å²) in [5.41, 5.74) is 4.48. The minimum atomic E-state index is -0.417. The number of aromatic amines is 1. The Kier molecular flexibility index (Phi) is 5.53. The van der Waals surface area contributed by atoms with Crippen molar-refractivity contribution in [2.45, 2.75) is 25.1 Å². The first-order valence-electron chi connectivity index (χ1n) is 10.4. The van der Waals surface area contributed by atoms with Gasteiger partial charge in [0.25, 0.3) is 0 Å². The molecule has 5 rings (SSSR count). The van der Waals surface area contributed by atoms with Crippen molar-refractivity contribution in [1.29, 1.82) is 0 Å². The van der Waals surface area contributed by atoms with Crippen LogP contribution in [0.4, 0.5) is 11.6 Å². The molecule has 1 aromatic heterocycles. The van der Waals surface area contributed by atoms with E-state index in [-0.39, 0.29) is 11.7 Å². The molecule has 1 aliphatic carbocycles. The van der Waals surface area contributed by atoms with Crippen molar-refractivity contribution in [1.82, 2.24) is 20.1 Å². The third-order valence-corrected chi connectivity index (χ3v) is 5.85. The minimum absolute atomic E-state index is 0.0652. The third-order valence-electron chi connectivity index (χ3n) is 5.62. The van der Waals surface area contributed by atoms with Crippen molar-refractivity contribution in [2.75, 3.05) is 5.32 Å². The lowest BCUT2D eigenvalue weighted by Crippen LogP contribution is -2.28. The first-order chi connectivity index (χ1) is 15.6. The molecule has 0 radical (unpaired) electrons. The van der Waals surface area contributed by atoms with Crippen LogP contribution in [0.5, 0.6) is 0 Å². The second kappa shape index (κ2) is 8.63. The van der Waals surface area contributed by atoms with Crippen LogP contribution in [0.3, 0.4) is 0 Å². The molecular formula is C24H22ClN5O2. The molecule has 32 heavy (non-hydrogen) atoms. The standard InChI is InChI=1S/C24H22ClN5O2/c25-17-5-3-6-19(13-17)30-24(32)28-23(29-30)27-18-10-8-15(9-11-18)14-26-22-20-7-2-1-4-16(20)12-21(22)31/h1-11,13,21-22,26,31H,12,14H2,(H2,27,28,29,32)/t21-,22+/m0/s1. The molecule has 0 aliphatic heterocycles. The van der Waals surface area contributed by atoms with Gasteiger partial charge in [0.2, 0.25) is 5.95 Å². The molecule has 1 aliphatic rings. The average Bonchev–Trinajstić information content (AvgIpc) is 3.31. The number of H-pyrrole nitrogens is 1. The van der Waals surface area contributed by atoms with Crippen molar-refractivity contribution in [3.63, 3.8) is 0 Å². The number of hydrogen-bond acceptors (Lipinski definition) is 5. The lowest BCUT2D eigenvalue weighted by Gasteiger charge is -2.18. The van der Waals surface area contributed by atoms with Crippen LogP contribution < -0.4 is 16.3 Å². The second-order valence-electron chi connectivity index (χ2n) is 7.82. The van der Waals surface area contributed by atoms with Crippen LogP contribution in [0.25, 0.3) is 5.69 Å². The van der Waals surface area contributed by atoms with Crippen LogP contribution in [-0.4, -0.2) is 26.0 Å². The number of fused-ring (bicyclic) bond motifs is 1. The number of nitrogens with one attached hydrogen (secondary N) is 3. The number of aliphatic hydroxyl groups excluding tert-OH is 1. The van der Waals surface area contributed by atoms with Crippen LogP contribution in [0, 0.1) is 0 Å². The van der Waals surface area contributed by atoms with E-state index in [0.717, 1.165) is 16.8 Å². The predicted octanol–water partition coefficient (Wildman–Crippen LogP) is 3.71. The number of benzene rings is 3. The van der Waals surface area contributed by atoms with Gasteiger partial charge in [-0.1, -0.05) is 54.1 Å². The summed E-state index contributed by atoms with van der Waals surface area (Å²) in [6, 6.07) is 22.9. The first-order valence-corrected chi connectivity index (χ1v) is 10.7. The fourth-order valence-electron chi connectivity index (χ4n) is 4.05. The Morgan fingerprint density at radius 1 is 1.09 bits per heavy atom. The summed E-state index contributed by atoms with van der Waals surface area (Å²) in [5.74, 6) is 0.339. The van der Waals surface area contributed by atoms with E-state index >= 15 is 0 Å². The monoisotopic (exact) mass is 447 g/mol. The summed E-state index contributed by atoms with van der Waals surface area (Å²) in [6.07, 6.45) is 0.260. The van der Waals surface area contributed by atoms with Crippen molar-refractivity contribution < 1.29 is 5.11 Å². The summed E-state index contributed by atoms with van der Waals surface area (Å²) in [6.45, 7) is 0.635. The number of rotatable bonds is 6. The van der Waals surface area contributed by atoms with Crippen molar-refractivity contribution in [3.05, 3.63) is 105 Å². The maximum atomic E-state index is 12.3. The average molecular weight is 448 g/mol. The van der Waals surface area contributed by atoms with Gasteiger partial charge in [0.15, 0.2) is 0 Å². The van der Waals surface area contributed by atoms with E-state index in [1.54, 1.807) is 24.3 Å². The molecule has 7 nitrogen and oxygen atoms in total. The van der Waals surface area contributed by atoms with Crippen LogP contribution in [0.1, 0.15) is 22.7 Å². The van der Waals surface area contributed by atoms with Gasteiger partial charge in [-0.25, -0.2) is 4.79 Å². The SMILES string of the molecule is O=c1[nH]c(Nc2ccc(CN[C@@H]3c4ccccc4C[C@@H]3O)cc2)nn1-c1cccc(Cl)c1. The Hall–Kier alpha value is -3.39. The highest BCUT2D eigenvalue weighted by Crippen LogP contribution is 2.31. The van der Waals surface area contributed by atoms with Gasteiger partial charge in [0, 0.05) is 23.7 Å². The van der Waals surface area contributed by atoms with Crippen LogP contribution >= 0.6 is 11.6 Å². The number of aliphatic hydroxyl groups is 1. The van der Waals surface area contributed by atoms with E-state index in [1.807, 2.05) is 36.4 Å². The van der Waals surface area contributed by atoms with Crippen LogP contribution in [-0.2, 0) is 13.0 Å². The first kappa shape index (κ1) is 20.5. The largest absolute Gasteiger partial charge is 0.391 e. The molecule has 162 valence electrons. The summed E-state index contributed by atoms with van der Waals surface area (Å²) in [7, 11) is 0. The number of nitrogens with zero attached hydrogens (tertiary/aromatic N) is 2. The van der Waals surface area contributed by atoms with Crippen LogP contribution in [0.15, 0.2) is 77.6 Å². The molecule has 4 aromatic rings. The normalized spacial score (nSPS) is 17.3. The fourth-order valence-corrected chi connectivity index (χ4v) is 4.24. The predicted molar refractivity (Wildman–Crippen MR) is 125 cm³/mol. The summed E-state index contributed by atoms with van der Waals surface area (Å²) < 4.78 is 1.26. The van der Waals surface area contributed by atoms with E-state index in [9.17, 15) is 9.90 Å². The van der Waals surface area contributed by atoms with Crippen molar-refractivity contribution in [3.8, 4) is 5.69 Å². The third kappa shape index (κ3) is 4.18. The maximum Gasteiger partial charge on any atom is 0.349 e. The number of hydrogen-bond donors (Lipinski definition) is 4. The molecule has 0 bridgehead atoms. The van der Waals surface area contributed by atoms with Gasteiger partial charge in [0.05, 0.1) is 17.8 Å². The molecule has 0 unspecified atom stereocenters. The highest BCUT2D eigenvalue weighted by atomic mass is 35.5. The molecule has 0 spiro atoms. The molecule has 0 saturated heterocycles. The topological polar surface area (TPSA) is 95.0 Å². The van der Waals surface area contributed by atoms with E-state index in [1.165, 1.54) is 10.2 Å². The molecule has 3 aromatic carbocycles. The summed E-state index contributed by atoms with van der Waals surface area (Å²) in [4.78, 5) is 15.0. The fraction of sp³-hybridized carbons (Fsp3) is 0.167. The Morgan fingerprint density at radius 3 is 2.72 bits per heavy atom. The van der Waals surface area contributed by atoms with E-state index < -0.39 is 6.10 Å². The van der Waals surface area contributed by atoms with E-state index in [2.05, 4.69) is 32.8 Å². The summed E-state index contributed by atoms with van der Waals surface area (Å²) >= 11 is 6.01. The van der Waals surface area contributed by atoms with Gasteiger partial charge in [0.1, 0.15) is 0 Å². The molecular weight excluding hydrogens is 426 g/mol. The molecule has 0 amide bonds. The summed E-state index contributed by atoms with van der Waals surface area (Å²) in [5, 5.41) is 21.8. The maximum absolute atomic E-state index is 12.3. The zero-order valence-corrected chi connectivity index (χ0v) is 17.9. The molecule has 8 heteroatoms. The van der Waals surface area contributed by atoms with Gasteiger partial charge in [-0.2, -0.15) is 4.68 Å². The number of halogens is 1. The van der Waals surface area contributed by atoms with Gasteiger partial charge in [-0.05, 0) is 47.0 Å². The molecule has 4 N–H and O–H groups in total. The van der Waals surface area contributed by atoms with Gasteiger partial charge < -0.3 is 15.7 Å². The second-order valence-corrected chi connectivity index (χ2v) is 8.26. The Bertz CT molecular complexity index is 1300.